The van der Waals surface area contributed by atoms with Crippen molar-refractivity contribution in [2.24, 2.45) is 5.84 Å². The molecule has 112 valence electrons. The molecule has 1 aromatic carbocycles. The van der Waals surface area contributed by atoms with Crippen LogP contribution in [0.3, 0.4) is 0 Å². The molecule has 2 rings (SSSR count). The first-order valence-corrected chi connectivity index (χ1v) is 7.42. The van der Waals surface area contributed by atoms with Crippen molar-refractivity contribution in [3.63, 3.8) is 0 Å². The summed E-state index contributed by atoms with van der Waals surface area (Å²) >= 11 is 0. The van der Waals surface area contributed by atoms with E-state index in [2.05, 4.69) is 30.3 Å². The van der Waals surface area contributed by atoms with Gasteiger partial charge in [-0.25, -0.2) is 5.43 Å². The van der Waals surface area contributed by atoms with Gasteiger partial charge in [-0.05, 0) is 36.1 Å². The Morgan fingerprint density at radius 3 is 2.71 bits per heavy atom. The van der Waals surface area contributed by atoms with Crippen LogP contribution in [-0.4, -0.2) is 11.6 Å². The van der Waals surface area contributed by atoms with E-state index in [1.165, 1.54) is 5.56 Å². The Labute approximate surface area is 126 Å². The first-order valence-electron chi connectivity index (χ1n) is 7.42. The number of nitrogens with zero attached hydrogens (tertiary/aromatic N) is 1. The van der Waals surface area contributed by atoms with E-state index >= 15 is 0 Å². The van der Waals surface area contributed by atoms with Crippen LogP contribution in [0.25, 0.3) is 0 Å². The van der Waals surface area contributed by atoms with E-state index < -0.39 is 0 Å². The molecule has 0 aliphatic heterocycles. The minimum absolute atomic E-state index is 0.101. The minimum Gasteiger partial charge on any atom is -0.493 e. The molecule has 0 bridgehead atoms. The number of nitrogens with one attached hydrogen (secondary N) is 1. The van der Waals surface area contributed by atoms with Gasteiger partial charge in [0.05, 0.1) is 12.6 Å². The maximum atomic E-state index is 5.85. The summed E-state index contributed by atoms with van der Waals surface area (Å²) in [5, 5.41) is 0. The highest BCUT2D eigenvalue weighted by Crippen LogP contribution is 2.31. The van der Waals surface area contributed by atoms with Crippen LogP contribution in [0, 0.1) is 0 Å². The third-order valence-corrected chi connectivity index (χ3v) is 3.49. The molecule has 0 saturated heterocycles. The molecule has 0 aliphatic carbocycles. The molecular weight excluding hydrogens is 262 g/mol. The number of ether oxygens (including phenoxy) is 1. The lowest BCUT2D eigenvalue weighted by molar-refractivity contribution is 0.311. The summed E-state index contributed by atoms with van der Waals surface area (Å²) in [6.07, 6.45) is 5.59. The van der Waals surface area contributed by atoms with Gasteiger partial charge in [-0.2, -0.15) is 0 Å². The van der Waals surface area contributed by atoms with Gasteiger partial charge in [-0.1, -0.05) is 32.0 Å². The number of rotatable bonds is 7. The molecular formula is C17H23N3O. The van der Waals surface area contributed by atoms with Crippen molar-refractivity contribution in [2.75, 3.05) is 6.61 Å². The maximum absolute atomic E-state index is 5.85. The molecule has 1 heterocycles. The van der Waals surface area contributed by atoms with Gasteiger partial charge < -0.3 is 4.74 Å². The van der Waals surface area contributed by atoms with Crippen molar-refractivity contribution in [3.05, 3.63) is 59.4 Å². The number of benzene rings is 1. The Kier molecular flexibility index (Phi) is 5.72. The van der Waals surface area contributed by atoms with E-state index in [0.717, 1.165) is 29.7 Å². The molecule has 0 aliphatic rings. The number of hydrogen-bond donors (Lipinski definition) is 2. The summed E-state index contributed by atoms with van der Waals surface area (Å²) in [5.74, 6) is 6.71. The number of hydrogen-bond acceptors (Lipinski definition) is 4. The van der Waals surface area contributed by atoms with Gasteiger partial charge in [-0.3, -0.25) is 10.8 Å². The number of aromatic nitrogens is 1. The largest absolute Gasteiger partial charge is 0.493 e. The molecule has 4 nitrogen and oxygen atoms in total. The molecule has 2 aromatic rings. The van der Waals surface area contributed by atoms with Crippen LogP contribution in [0.4, 0.5) is 0 Å². The van der Waals surface area contributed by atoms with Crippen molar-refractivity contribution < 1.29 is 4.74 Å². The summed E-state index contributed by atoms with van der Waals surface area (Å²) in [4.78, 5) is 4.20. The average Bonchev–Trinajstić information content (AvgIpc) is 2.55. The van der Waals surface area contributed by atoms with Crippen molar-refractivity contribution in [1.29, 1.82) is 0 Å². The Morgan fingerprint density at radius 1 is 1.19 bits per heavy atom. The van der Waals surface area contributed by atoms with Crippen molar-refractivity contribution in [3.8, 4) is 5.75 Å². The highest BCUT2D eigenvalue weighted by molar-refractivity contribution is 5.43. The van der Waals surface area contributed by atoms with Crippen LogP contribution < -0.4 is 16.0 Å². The van der Waals surface area contributed by atoms with Gasteiger partial charge in [0.2, 0.25) is 0 Å². The predicted molar refractivity (Wildman–Crippen MR) is 85.0 cm³/mol. The van der Waals surface area contributed by atoms with Gasteiger partial charge in [-0.15, -0.1) is 0 Å². The first kappa shape index (κ1) is 15.5. The fraction of sp³-hybridized carbons (Fsp3) is 0.353. The lowest BCUT2D eigenvalue weighted by Crippen LogP contribution is -2.30. The zero-order chi connectivity index (χ0) is 15.1. The smallest absolute Gasteiger partial charge is 0.124 e. The van der Waals surface area contributed by atoms with Crippen molar-refractivity contribution >= 4 is 0 Å². The van der Waals surface area contributed by atoms with Crippen LogP contribution in [-0.2, 0) is 6.42 Å². The first-order chi connectivity index (χ1) is 10.3. The van der Waals surface area contributed by atoms with E-state index in [0.29, 0.717) is 6.61 Å². The normalized spacial score (nSPS) is 12.1. The number of aryl methyl sites for hydroxylation is 1. The summed E-state index contributed by atoms with van der Waals surface area (Å²) in [7, 11) is 0. The molecule has 1 atom stereocenters. The summed E-state index contributed by atoms with van der Waals surface area (Å²) in [5.41, 5.74) is 6.30. The molecule has 0 saturated carbocycles. The van der Waals surface area contributed by atoms with E-state index in [4.69, 9.17) is 10.6 Å². The fourth-order valence-electron chi connectivity index (χ4n) is 2.42. The molecule has 3 N–H and O–H groups in total. The number of nitrogens with two attached hydrogens (primary N) is 1. The molecule has 0 spiro atoms. The van der Waals surface area contributed by atoms with Crippen molar-refractivity contribution in [1.82, 2.24) is 10.4 Å². The van der Waals surface area contributed by atoms with Gasteiger partial charge in [0, 0.05) is 18.0 Å². The Bertz CT molecular complexity index is 571. The second-order valence-corrected chi connectivity index (χ2v) is 4.91. The van der Waals surface area contributed by atoms with Gasteiger partial charge in [0.25, 0.3) is 0 Å². The van der Waals surface area contributed by atoms with Crippen LogP contribution in [0.5, 0.6) is 5.75 Å². The highest BCUT2D eigenvalue weighted by Gasteiger charge is 2.19. The summed E-state index contributed by atoms with van der Waals surface area (Å²) in [6, 6.07) is 9.94. The van der Waals surface area contributed by atoms with Crippen molar-refractivity contribution in [2.45, 2.75) is 32.7 Å². The van der Waals surface area contributed by atoms with Crippen LogP contribution in [0.1, 0.15) is 43.0 Å². The molecule has 0 radical (unpaired) electrons. The standard InChI is InChI=1S/C17H23N3O/c1-3-11-21-16-8-6-5-7-15(16)17(20-18)14-9-10-19-12-13(14)4-2/h5-10,12,17,20H,3-4,11,18H2,1-2H3. The Morgan fingerprint density at radius 2 is 2.00 bits per heavy atom. The van der Waals surface area contributed by atoms with Gasteiger partial charge in [0.15, 0.2) is 0 Å². The average molecular weight is 285 g/mol. The monoisotopic (exact) mass is 285 g/mol. The predicted octanol–water partition coefficient (Wildman–Crippen LogP) is 2.99. The lowest BCUT2D eigenvalue weighted by Gasteiger charge is -2.22. The second kappa shape index (κ2) is 7.76. The Hall–Kier alpha value is -1.91. The Balaban J connectivity index is 2.41. The third kappa shape index (κ3) is 3.60. The third-order valence-electron chi connectivity index (χ3n) is 3.49. The topological polar surface area (TPSA) is 60.2 Å². The quantitative estimate of drug-likeness (QED) is 0.606. The molecule has 0 fully saturated rings. The van der Waals surface area contributed by atoms with E-state index in [-0.39, 0.29) is 6.04 Å². The fourth-order valence-corrected chi connectivity index (χ4v) is 2.42. The summed E-state index contributed by atoms with van der Waals surface area (Å²) < 4.78 is 5.85. The highest BCUT2D eigenvalue weighted by atomic mass is 16.5. The van der Waals surface area contributed by atoms with Gasteiger partial charge >= 0.3 is 0 Å². The number of para-hydroxylation sites is 1. The maximum Gasteiger partial charge on any atom is 0.124 e. The number of pyridine rings is 1. The second-order valence-electron chi connectivity index (χ2n) is 4.91. The molecule has 21 heavy (non-hydrogen) atoms. The lowest BCUT2D eigenvalue weighted by atomic mass is 9.94. The van der Waals surface area contributed by atoms with Crippen LogP contribution in [0.2, 0.25) is 0 Å². The van der Waals surface area contributed by atoms with Crippen LogP contribution in [0.15, 0.2) is 42.7 Å². The summed E-state index contributed by atoms with van der Waals surface area (Å²) in [6.45, 7) is 4.91. The number of hydrazine groups is 1. The molecule has 4 heteroatoms. The van der Waals surface area contributed by atoms with Crippen LogP contribution >= 0.6 is 0 Å². The zero-order valence-electron chi connectivity index (χ0n) is 12.7. The van der Waals surface area contributed by atoms with Gasteiger partial charge in [0.1, 0.15) is 5.75 Å². The SMILES string of the molecule is CCCOc1ccccc1C(NN)c1ccncc1CC. The van der Waals surface area contributed by atoms with E-state index in [9.17, 15) is 0 Å². The molecule has 1 aromatic heterocycles. The van der Waals surface area contributed by atoms with E-state index in [1.807, 2.05) is 30.5 Å². The minimum atomic E-state index is -0.101. The van der Waals surface area contributed by atoms with E-state index in [1.54, 1.807) is 6.20 Å². The molecule has 0 amide bonds. The zero-order valence-corrected chi connectivity index (χ0v) is 12.7. The molecule has 1 unspecified atom stereocenters.